The van der Waals surface area contributed by atoms with Gasteiger partial charge in [0.05, 0.1) is 4.92 Å². The summed E-state index contributed by atoms with van der Waals surface area (Å²) in [7, 11) is 0. The van der Waals surface area contributed by atoms with E-state index in [4.69, 9.17) is 0 Å². The molecule has 1 heterocycles. The van der Waals surface area contributed by atoms with Crippen LogP contribution in [0, 0.1) is 10.1 Å². The minimum atomic E-state index is -0.434. The first-order valence-corrected chi connectivity index (χ1v) is 8.24. The van der Waals surface area contributed by atoms with Gasteiger partial charge in [-0.25, -0.2) is 0 Å². The number of rotatable bonds is 5. The second-order valence-electron chi connectivity index (χ2n) is 5.28. The Kier molecular flexibility index (Phi) is 4.90. The lowest BCUT2D eigenvalue weighted by Gasteiger charge is -2.06. The second kappa shape index (κ2) is 7.27. The Morgan fingerprint density at radius 1 is 1.08 bits per heavy atom. The zero-order chi connectivity index (χ0) is 17.8. The highest BCUT2D eigenvalue weighted by atomic mass is 79.9. The van der Waals surface area contributed by atoms with Crippen LogP contribution in [0.2, 0.25) is 0 Å². The van der Waals surface area contributed by atoms with Crippen LogP contribution in [-0.4, -0.2) is 15.3 Å². The van der Waals surface area contributed by atoms with Crippen LogP contribution in [0.25, 0.3) is 11.8 Å². The molecule has 3 rings (SSSR count). The molecule has 0 N–H and O–H groups in total. The highest BCUT2D eigenvalue weighted by molar-refractivity contribution is 9.10. The maximum atomic E-state index is 12.3. The number of hydrogen-bond acceptors (Lipinski definition) is 3. The lowest BCUT2D eigenvalue weighted by molar-refractivity contribution is -0.384. The van der Waals surface area contributed by atoms with E-state index in [9.17, 15) is 14.9 Å². The van der Waals surface area contributed by atoms with Gasteiger partial charge in [-0.2, -0.15) is 0 Å². The quantitative estimate of drug-likeness (QED) is 0.262. The number of allylic oxidation sites excluding steroid dienone is 1. The minimum absolute atomic E-state index is 0.0397. The summed E-state index contributed by atoms with van der Waals surface area (Å²) in [5.41, 5.74) is 2.22. The summed E-state index contributed by atoms with van der Waals surface area (Å²) in [5, 5.41) is 10.7. The number of nitrogens with zero attached hydrogens (tertiary/aromatic N) is 2. The number of nitro groups is 1. The van der Waals surface area contributed by atoms with Gasteiger partial charge in [0, 0.05) is 39.7 Å². The van der Waals surface area contributed by atoms with Crippen molar-refractivity contribution in [3.8, 4) is 5.69 Å². The molecular formula is C19H13BrN2O3. The number of ketones is 1. The number of benzene rings is 2. The molecule has 6 heteroatoms. The highest BCUT2D eigenvalue weighted by Crippen LogP contribution is 2.19. The van der Waals surface area contributed by atoms with Gasteiger partial charge in [0.2, 0.25) is 0 Å². The van der Waals surface area contributed by atoms with Crippen molar-refractivity contribution in [2.45, 2.75) is 0 Å². The standard InChI is InChI=1S/C19H13BrN2O3/c20-15-4-1-3-14(13-15)19(23)11-10-16-5-2-12-21(16)17-6-8-18(9-7-17)22(24)25/h1-13H/b11-10+. The molecule has 3 aromatic rings. The molecule has 1 aromatic heterocycles. The average molecular weight is 397 g/mol. The summed E-state index contributed by atoms with van der Waals surface area (Å²) in [4.78, 5) is 22.6. The fourth-order valence-electron chi connectivity index (χ4n) is 2.40. The number of nitro benzene ring substituents is 1. The zero-order valence-corrected chi connectivity index (χ0v) is 14.6. The third-order valence-corrected chi connectivity index (χ3v) is 4.13. The molecule has 0 saturated heterocycles. The lowest BCUT2D eigenvalue weighted by atomic mass is 10.1. The molecule has 124 valence electrons. The zero-order valence-electron chi connectivity index (χ0n) is 13.0. The van der Waals surface area contributed by atoms with Crippen molar-refractivity contribution in [1.82, 2.24) is 4.57 Å². The van der Waals surface area contributed by atoms with Gasteiger partial charge in [0.1, 0.15) is 0 Å². The molecule has 0 spiro atoms. The lowest BCUT2D eigenvalue weighted by Crippen LogP contribution is -1.97. The van der Waals surface area contributed by atoms with E-state index in [1.165, 1.54) is 18.2 Å². The Bertz CT molecular complexity index is 959. The van der Waals surface area contributed by atoms with Crippen LogP contribution in [-0.2, 0) is 0 Å². The van der Waals surface area contributed by atoms with Gasteiger partial charge in [0.15, 0.2) is 5.78 Å². The third-order valence-electron chi connectivity index (χ3n) is 3.63. The van der Waals surface area contributed by atoms with Crippen LogP contribution in [0.1, 0.15) is 16.1 Å². The molecule has 0 bridgehead atoms. The predicted molar refractivity (Wildman–Crippen MR) is 99.9 cm³/mol. The summed E-state index contributed by atoms with van der Waals surface area (Å²) in [6, 6.07) is 17.2. The highest BCUT2D eigenvalue weighted by Gasteiger charge is 2.07. The normalized spacial score (nSPS) is 10.9. The average Bonchev–Trinajstić information content (AvgIpc) is 3.08. The van der Waals surface area contributed by atoms with Crippen LogP contribution >= 0.6 is 15.9 Å². The van der Waals surface area contributed by atoms with Crippen LogP contribution in [0.3, 0.4) is 0 Å². The van der Waals surface area contributed by atoms with Gasteiger partial charge in [-0.05, 0) is 48.6 Å². The van der Waals surface area contributed by atoms with Gasteiger partial charge in [-0.3, -0.25) is 14.9 Å². The molecule has 0 atom stereocenters. The Morgan fingerprint density at radius 3 is 2.52 bits per heavy atom. The monoisotopic (exact) mass is 396 g/mol. The van der Waals surface area contributed by atoms with E-state index >= 15 is 0 Å². The Hall–Kier alpha value is -2.99. The number of halogens is 1. The molecule has 0 aliphatic rings. The van der Waals surface area contributed by atoms with Gasteiger partial charge in [-0.1, -0.05) is 28.1 Å². The second-order valence-corrected chi connectivity index (χ2v) is 6.20. The SMILES string of the molecule is O=C(/C=C/c1cccn1-c1ccc([N+](=O)[O-])cc1)c1cccc(Br)c1. The van der Waals surface area contributed by atoms with E-state index in [0.29, 0.717) is 5.56 Å². The van der Waals surface area contributed by atoms with Crippen molar-refractivity contribution < 1.29 is 9.72 Å². The maximum Gasteiger partial charge on any atom is 0.269 e. The van der Waals surface area contributed by atoms with Crippen molar-refractivity contribution in [3.05, 3.63) is 98.8 Å². The molecule has 5 nitrogen and oxygen atoms in total. The van der Waals surface area contributed by atoms with E-state index in [1.807, 2.05) is 35.0 Å². The van der Waals surface area contributed by atoms with E-state index in [-0.39, 0.29) is 11.5 Å². The molecule has 2 aromatic carbocycles. The van der Waals surface area contributed by atoms with E-state index in [0.717, 1.165) is 15.9 Å². The molecule has 0 saturated carbocycles. The van der Waals surface area contributed by atoms with Crippen molar-refractivity contribution in [1.29, 1.82) is 0 Å². The van der Waals surface area contributed by atoms with Gasteiger partial charge in [-0.15, -0.1) is 0 Å². The predicted octanol–water partition coefficient (Wildman–Crippen LogP) is 5.04. The molecule has 0 fully saturated rings. The summed E-state index contributed by atoms with van der Waals surface area (Å²) >= 11 is 3.35. The number of non-ortho nitro benzene ring substituents is 1. The Balaban J connectivity index is 1.84. The summed E-state index contributed by atoms with van der Waals surface area (Å²) < 4.78 is 2.70. The van der Waals surface area contributed by atoms with Crippen molar-refractivity contribution >= 4 is 33.5 Å². The number of carbonyl (C=O) groups is 1. The van der Waals surface area contributed by atoms with Gasteiger partial charge >= 0.3 is 0 Å². The molecule has 0 unspecified atom stereocenters. The molecule has 0 amide bonds. The van der Waals surface area contributed by atoms with Crippen molar-refractivity contribution in [2.75, 3.05) is 0 Å². The molecule has 0 radical (unpaired) electrons. The smallest absolute Gasteiger partial charge is 0.269 e. The van der Waals surface area contributed by atoms with E-state index < -0.39 is 4.92 Å². The largest absolute Gasteiger partial charge is 0.317 e. The summed E-state index contributed by atoms with van der Waals surface area (Å²) in [6.45, 7) is 0. The fourth-order valence-corrected chi connectivity index (χ4v) is 2.80. The Labute approximate surface area is 152 Å². The van der Waals surface area contributed by atoms with Gasteiger partial charge in [0.25, 0.3) is 5.69 Å². The number of aromatic nitrogens is 1. The van der Waals surface area contributed by atoms with Crippen LogP contribution in [0.5, 0.6) is 0 Å². The first-order chi connectivity index (χ1) is 12.0. The van der Waals surface area contributed by atoms with Crippen LogP contribution in [0.4, 0.5) is 5.69 Å². The van der Waals surface area contributed by atoms with Crippen molar-refractivity contribution in [3.63, 3.8) is 0 Å². The summed E-state index contributed by atoms with van der Waals surface area (Å²) in [6.07, 6.45) is 5.08. The fraction of sp³-hybridized carbons (Fsp3) is 0. The maximum absolute atomic E-state index is 12.3. The number of hydrogen-bond donors (Lipinski definition) is 0. The van der Waals surface area contributed by atoms with E-state index in [1.54, 1.807) is 30.3 Å². The van der Waals surface area contributed by atoms with Crippen LogP contribution < -0.4 is 0 Å². The Morgan fingerprint density at radius 2 is 1.84 bits per heavy atom. The first kappa shape index (κ1) is 16.9. The minimum Gasteiger partial charge on any atom is -0.317 e. The molecule has 0 aliphatic carbocycles. The third kappa shape index (κ3) is 3.92. The number of carbonyl (C=O) groups excluding carboxylic acids is 1. The topological polar surface area (TPSA) is 65.1 Å². The molecular weight excluding hydrogens is 384 g/mol. The molecule has 0 aliphatic heterocycles. The van der Waals surface area contributed by atoms with E-state index in [2.05, 4.69) is 15.9 Å². The van der Waals surface area contributed by atoms with Gasteiger partial charge < -0.3 is 4.57 Å². The molecule has 25 heavy (non-hydrogen) atoms. The first-order valence-electron chi connectivity index (χ1n) is 7.45. The van der Waals surface area contributed by atoms with Crippen LogP contribution in [0.15, 0.2) is 77.4 Å². The van der Waals surface area contributed by atoms with Crippen molar-refractivity contribution in [2.24, 2.45) is 0 Å². The summed E-state index contributed by atoms with van der Waals surface area (Å²) in [5.74, 6) is -0.0993.